The average Bonchev–Trinajstić information content (AvgIpc) is 3.16. The highest BCUT2D eigenvalue weighted by Crippen LogP contribution is 2.38. The highest BCUT2D eigenvalue weighted by molar-refractivity contribution is 6.35. The lowest BCUT2D eigenvalue weighted by Gasteiger charge is -2.27. The molecule has 0 bridgehead atoms. The van der Waals surface area contributed by atoms with Crippen molar-refractivity contribution >= 4 is 48.0 Å². The van der Waals surface area contributed by atoms with Gasteiger partial charge in [-0.15, -0.1) is 0 Å². The number of methoxy groups -OCH3 is 1. The Labute approximate surface area is 350 Å². The van der Waals surface area contributed by atoms with Gasteiger partial charge in [-0.3, -0.25) is 4.79 Å². The number of rotatable bonds is 15. The van der Waals surface area contributed by atoms with Crippen LogP contribution in [0.4, 0.5) is 31.1 Å². The van der Waals surface area contributed by atoms with Gasteiger partial charge in [-0.05, 0) is 110 Å². The van der Waals surface area contributed by atoms with E-state index in [0.717, 1.165) is 12.1 Å². The van der Waals surface area contributed by atoms with Crippen LogP contribution in [0.15, 0.2) is 72.8 Å². The summed E-state index contributed by atoms with van der Waals surface area (Å²) in [4.78, 5) is 25.9. The maximum absolute atomic E-state index is 14.2. The van der Waals surface area contributed by atoms with Gasteiger partial charge in [0.05, 0.1) is 34.8 Å². The number of aliphatic hydroxyl groups is 1. The number of hydrogen-bond donors (Lipinski definition) is 2. The summed E-state index contributed by atoms with van der Waals surface area (Å²) in [6.45, 7) is 7.90. The van der Waals surface area contributed by atoms with Crippen molar-refractivity contribution in [3.8, 4) is 11.1 Å². The van der Waals surface area contributed by atoms with Crippen molar-refractivity contribution in [2.45, 2.75) is 72.0 Å². The van der Waals surface area contributed by atoms with E-state index in [1.165, 1.54) is 67.5 Å². The van der Waals surface area contributed by atoms with Crippen molar-refractivity contribution in [1.29, 1.82) is 0 Å². The molecule has 0 radical (unpaired) electrons. The van der Waals surface area contributed by atoms with Crippen LogP contribution >= 0.6 is 11.6 Å². The summed E-state index contributed by atoms with van der Waals surface area (Å²) < 4.78 is 95.6. The van der Waals surface area contributed by atoms with Crippen LogP contribution in [0.2, 0.25) is 5.02 Å². The van der Waals surface area contributed by atoms with E-state index in [9.17, 15) is 46.1 Å². The minimum atomic E-state index is -4.69. The fourth-order valence-corrected chi connectivity index (χ4v) is 6.59. The lowest BCUT2D eigenvalue weighted by atomic mass is 9.84. The predicted octanol–water partition coefficient (Wildman–Crippen LogP) is 12.1. The second-order valence-corrected chi connectivity index (χ2v) is 16.0. The normalized spacial score (nSPS) is 13.5. The quantitative estimate of drug-likeness (QED) is 0.0913. The molecule has 60 heavy (non-hydrogen) atoms. The van der Waals surface area contributed by atoms with Gasteiger partial charge in [-0.1, -0.05) is 90.5 Å². The number of carbonyl (C=O) groups is 2. The van der Waals surface area contributed by atoms with Gasteiger partial charge in [0, 0.05) is 25.8 Å². The minimum absolute atomic E-state index is 0.00327. The predicted molar refractivity (Wildman–Crippen MR) is 222 cm³/mol. The van der Waals surface area contributed by atoms with Gasteiger partial charge in [-0.25, -0.2) is 4.79 Å². The summed E-state index contributed by atoms with van der Waals surface area (Å²) in [5.41, 5.74) is -0.649. The smallest absolute Gasteiger partial charge is 0.416 e. The Morgan fingerprint density at radius 1 is 0.750 bits per heavy atom. The molecular formula is C46H48ClF6NO6. The van der Waals surface area contributed by atoms with Crippen molar-refractivity contribution in [3.05, 3.63) is 128 Å². The van der Waals surface area contributed by atoms with Gasteiger partial charge in [0.1, 0.15) is 5.60 Å². The number of nitrogens with zero attached hydrogens (tertiary/aromatic N) is 1. The molecule has 4 aromatic rings. The van der Waals surface area contributed by atoms with Crippen molar-refractivity contribution in [3.63, 3.8) is 0 Å². The Bertz CT molecular complexity index is 2230. The number of hydrogen-bond acceptors (Lipinski definition) is 5. The molecule has 0 aromatic heterocycles. The number of aryl methyl sites for hydroxylation is 1. The molecule has 0 spiro atoms. The third kappa shape index (κ3) is 12.5. The van der Waals surface area contributed by atoms with Crippen LogP contribution in [0, 0.1) is 12.3 Å². The Morgan fingerprint density at radius 2 is 1.27 bits per heavy atom. The topological polar surface area (TPSA) is 96.3 Å². The second kappa shape index (κ2) is 19.5. The number of carboxylic acids is 1. The number of amides is 1. The number of alkyl halides is 6. The summed E-state index contributed by atoms with van der Waals surface area (Å²) in [7, 11) is 1.46. The first-order chi connectivity index (χ1) is 28.0. The van der Waals surface area contributed by atoms with Crippen LogP contribution in [0.25, 0.3) is 35.4 Å². The number of carbonyl (C=O) groups excluding carboxylic acids is 1. The van der Waals surface area contributed by atoms with E-state index in [1.54, 1.807) is 64.1 Å². The van der Waals surface area contributed by atoms with Crippen LogP contribution in [-0.4, -0.2) is 59.6 Å². The lowest BCUT2D eigenvalue weighted by molar-refractivity contribution is -0.150. The Hall–Kier alpha value is -5.11. The number of carboxylic acid groups (broad SMARTS) is 1. The summed E-state index contributed by atoms with van der Waals surface area (Å²) >= 11 is 6.91. The summed E-state index contributed by atoms with van der Waals surface area (Å²) in [5, 5.41) is 19.3. The number of ether oxygens (including phenoxy) is 2. The van der Waals surface area contributed by atoms with Crippen LogP contribution in [0.3, 0.4) is 0 Å². The molecule has 0 saturated heterocycles. The van der Waals surface area contributed by atoms with Gasteiger partial charge in [0.2, 0.25) is 0 Å². The molecule has 322 valence electrons. The van der Waals surface area contributed by atoms with Gasteiger partial charge in [0.25, 0.3) is 0 Å². The van der Waals surface area contributed by atoms with E-state index in [-0.39, 0.29) is 48.7 Å². The lowest BCUT2D eigenvalue weighted by Crippen LogP contribution is -2.38. The van der Waals surface area contributed by atoms with E-state index in [1.807, 2.05) is 0 Å². The fraction of sp³-hybridized carbons (Fsp3) is 0.348. The molecule has 1 amide bonds. The molecular weight excluding hydrogens is 812 g/mol. The van der Waals surface area contributed by atoms with Crippen LogP contribution < -0.4 is 0 Å². The summed E-state index contributed by atoms with van der Waals surface area (Å²) in [6.07, 6.45) is -4.27. The third-order valence-corrected chi connectivity index (χ3v) is 10.3. The molecule has 1 atom stereocenters. The second-order valence-electron chi connectivity index (χ2n) is 15.7. The van der Waals surface area contributed by atoms with E-state index < -0.39 is 53.2 Å². The molecule has 0 saturated carbocycles. The molecule has 0 fully saturated rings. The average molecular weight is 860 g/mol. The molecule has 0 aliphatic carbocycles. The Morgan fingerprint density at radius 3 is 1.80 bits per heavy atom. The first-order valence-corrected chi connectivity index (χ1v) is 19.3. The van der Waals surface area contributed by atoms with Gasteiger partial charge < -0.3 is 24.6 Å². The molecule has 0 unspecified atom stereocenters. The summed E-state index contributed by atoms with van der Waals surface area (Å²) in [6, 6.07) is 17.4. The zero-order chi connectivity index (χ0) is 44.6. The standard InChI is InChI=1S/C46H48ClF6NO6/c1-29-32(15-17-34-25-30(13-19-38(34)45(48,49)50)21-22-44(5,28-55)41(56)57)9-7-11-36(29)37-12-8-10-33(40(37)47)16-18-35-26-31(14-20-39(35)46(51,52)53)27-54(23-24-59-6)42(58)60-43(2,3)4/h7-20,25-26,55H,21-24,27-28H2,1-6H3,(H,56,57)/b17-15+,18-16+/t44-/m0/s1. The molecule has 0 aliphatic rings. The molecule has 2 N–H and O–H groups in total. The van der Waals surface area contributed by atoms with Crippen LogP contribution in [0.1, 0.15) is 84.2 Å². The minimum Gasteiger partial charge on any atom is -0.481 e. The maximum Gasteiger partial charge on any atom is 0.416 e. The highest BCUT2D eigenvalue weighted by Gasteiger charge is 2.35. The van der Waals surface area contributed by atoms with E-state index in [4.69, 9.17) is 21.1 Å². The monoisotopic (exact) mass is 859 g/mol. The van der Waals surface area contributed by atoms with Gasteiger partial charge in [0.15, 0.2) is 0 Å². The number of aliphatic carboxylic acids is 1. The van der Waals surface area contributed by atoms with Crippen molar-refractivity contribution in [2.75, 3.05) is 26.9 Å². The molecule has 7 nitrogen and oxygen atoms in total. The van der Waals surface area contributed by atoms with Crippen molar-refractivity contribution in [2.24, 2.45) is 5.41 Å². The first kappa shape index (κ1) is 47.6. The zero-order valence-corrected chi connectivity index (χ0v) is 34.9. The molecule has 14 heteroatoms. The first-order valence-electron chi connectivity index (χ1n) is 18.9. The molecule has 4 rings (SSSR count). The number of halogens is 7. The van der Waals surface area contributed by atoms with Crippen LogP contribution in [-0.2, 0) is 39.6 Å². The van der Waals surface area contributed by atoms with Crippen molar-refractivity contribution in [1.82, 2.24) is 4.90 Å². The fourth-order valence-electron chi connectivity index (χ4n) is 6.30. The van der Waals surface area contributed by atoms with E-state index in [0.29, 0.717) is 38.9 Å². The Kier molecular flexibility index (Phi) is 15.5. The van der Waals surface area contributed by atoms with Gasteiger partial charge >= 0.3 is 24.4 Å². The summed E-state index contributed by atoms with van der Waals surface area (Å²) in [5.74, 6) is -1.21. The van der Waals surface area contributed by atoms with E-state index >= 15 is 0 Å². The SMILES string of the molecule is COCCN(Cc1ccc(C(F)(F)F)c(/C=C/c2cccc(-c3cccc(/C=C/c4cc(CC[C@@](C)(CO)C(=O)O)ccc4C(F)(F)F)c3C)c2Cl)c1)C(=O)OC(C)(C)C. The largest absolute Gasteiger partial charge is 0.481 e. The molecule has 4 aromatic carbocycles. The van der Waals surface area contributed by atoms with E-state index in [2.05, 4.69) is 0 Å². The Balaban J connectivity index is 1.68. The van der Waals surface area contributed by atoms with Crippen LogP contribution in [0.5, 0.6) is 0 Å². The molecule has 0 aliphatic heterocycles. The van der Waals surface area contributed by atoms with Gasteiger partial charge in [-0.2, -0.15) is 26.3 Å². The molecule has 0 heterocycles. The number of benzene rings is 4. The van der Waals surface area contributed by atoms with Crippen molar-refractivity contribution < 1.29 is 55.6 Å². The highest BCUT2D eigenvalue weighted by atomic mass is 35.5. The zero-order valence-electron chi connectivity index (χ0n) is 34.1. The number of aliphatic hydroxyl groups excluding tert-OH is 1. The third-order valence-electron chi connectivity index (χ3n) is 9.84. The maximum atomic E-state index is 14.2.